The van der Waals surface area contributed by atoms with Crippen LogP contribution in [-0.2, 0) is 6.18 Å². The topological polar surface area (TPSA) is 45.2 Å². The second-order valence-electron chi connectivity index (χ2n) is 5.18. The molecule has 1 aromatic rings. The van der Waals surface area contributed by atoms with E-state index >= 15 is 0 Å². The summed E-state index contributed by atoms with van der Waals surface area (Å²) in [4.78, 5) is 17.2. The van der Waals surface area contributed by atoms with Gasteiger partial charge in [0.25, 0.3) is 5.91 Å². The average molecular weight is 374 g/mol. The Morgan fingerprint density at radius 3 is 2.52 bits per heavy atom. The molecule has 0 aromatic carbocycles. The first-order valence-corrected chi connectivity index (χ1v) is 6.90. The summed E-state index contributed by atoms with van der Waals surface area (Å²) in [7, 11) is 1.69. The highest BCUT2D eigenvalue weighted by atomic mass is 35.5. The Hall–Kier alpha value is -1.05. The van der Waals surface area contributed by atoms with Crippen molar-refractivity contribution in [2.24, 2.45) is 0 Å². The largest absolute Gasteiger partial charge is 0.433 e. The molecule has 1 aliphatic heterocycles. The van der Waals surface area contributed by atoms with Crippen molar-refractivity contribution < 1.29 is 18.0 Å². The number of rotatable bonds is 2. The van der Waals surface area contributed by atoms with Crippen molar-refractivity contribution >= 4 is 30.7 Å². The third kappa shape index (κ3) is 5.82. The predicted octanol–water partition coefficient (Wildman–Crippen LogP) is 3.16. The number of carbonyl (C=O) groups is 1. The van der Waals surface area contributed by atoms with Crippen LogP contribution in [-0.4, -0.2) is 42.0 Å². The molecule has 2 heterocycles. The highest BCUT2D eigenvalue weighted by Crippen LogP contribution is 2.27. The number of halogens is 5. The Balaban J connectivity index is 0.00000242. The summed E-state index contributed by atoms with van der Waals surface area (Å²) < 4.78 is 37.4. The van der Waals surface area contributed by atoms with E-state index in [9.17, 15) is 18.0 Å². The summed E-state index contributed by atoms with van der Waals surface area (Å²) in [5.41, 5.74) is -0.803. The summed E-state index contributed by atoms with van der Waals surface area (Å²) in [5, 5.41) is 3.26. The lowest BCUT2D eigenvalue weighted by atomic mass is 10.1. The van der Waals surface area contributed by atoms with Crippen LogP contribution in [0.4, 0.5) is 13.2 Å². The maximum Gasteiger partial charge on any atom is 0.433 e. The minimum atomic E-state index is -4.49. The molecule has 1 amide bonds. The summed E-state index contributed by atoms with van der Waals surface area (Å²) in [5.74, 6) is -0.289. The molecule has 1 aliphatic rings. The van der Waals surface area contributed by atoms with E-state index in [0.717, 1.165) is 44.6 Å². The number of nitrogens with one attached hydrogen (secondary N) is 1. The molecule has 1 saturated heterocycles. The number of pyridine rings is 1. The van der Waals surface area contributed by atoms with E-state index in [-0.39, 0.29) is 42.3 Å². The van der Waals surface area contributed by atoms with Gasteiger partial charge in [-0.25, -0.2) is 0 Å². The van der Waals surface area contributed by atoms with Crippen molar-refractivity contribution in [2.75, 3.05) is 20.1 Å². The van der Waals surface area contributed by atoms with Crippen LogP contribution in [0, 0.1) is 0 Å². The number of hydrogen-bond donors (Lipinski definition) is 1. The molecule has 0 saturated carbocycles. The molecule has 0 radical (unpaired) electrons. The van der Waals surface area contributed by atoms with Crippen molar-refractivity contribution in [3.63, 3.8) is 0 Å². The fourth-order valence-corrected chi connectivity index (χ4v) is 2.45. The molecule has 0 spiro atoms. The molecule has 1 atom stereocenters. The van der Waals surface area contributed by atoms with E-state index in [1.54, 1.807) is 11.9 Å². The Morgan fingerprint density at radius 2 is 1.96 bits per heavy atom. The lowest BCUT2D eigenvalue weighted by Gasteiger charge is -2.27. The van der Waals surface area contributed by atoms with Gasteiger partial charge >= 0.3 is 6.18 Å². The van der Waals surface area contributed by atoms with Crippen LogP contribution in [0.3, 0.4) is 0 Å². The third-order valence-electron chi connectivity index (χ3n) is 3.71. The zero-order chi connectivity index (χ0) is 15.5. The molecule has 9 heteroatoms. The van der Waals surface area contributed by atoms with Crippen LogP contribution in [0.25, 0.3) is 0 Å². The highest BCUT2D eigenvalue weighted by Gasteiger charge is 2.32. The van der Waals surface area contributed by atoms with Gasteiger partial charge in [0, 0.05) is 19.3 Å². The molecule has 1 fully saturated rings. The lowest BCUT2D eigenvalue weighted by Crippen LogP contribution is -2.37. The standard InChI is InChI=1S/C14H18F3N3O.2ClH/c1-20(11-3-2-7-18-8-6-11)13(21)10-4-5-12(19-9-10)14(15,16)17;;/h4-5,9,11,18H,2-3,6-8H2,1H3;2*1H. The smallest absolute Gasteiger partial charge is 0.339 e. The van der Waals surface area contributed by atoms with Crippen molar-refractivity contribution in [1.82, 2.24) is 15.2 Å². The minimum Gasteiger partial charge on any atom is -0.339 e. The highest BCUT2D eigenvalue weighted by molar-refractivity contribution is 5.94. The van der Waals surface area contributed by atoms with Crippen LogP contribution in [0.5, 0.6) is 0 Å². The van der Waals surface area contributed by atoms with Crippen LogP contribution in [0.1, 0.15) is 35.3 Å². The summed E-state index contributed by atoms with van der Waals surface area (Å²) in [6, 6.07) is 2.13. The van der Waals surface area contributed by atoms with Crippen molar-refractivity contribution in [3.8, 4) is 0 Å². The zero-order valence-corrected chi connectivity index (χ0v) is 14.2. The molecule has 0 bridgehead atoms. The Labute approximate surface area is 145 Å². The number of nitrogens with zero attached hydrogens (tertiary/aromatic N) is 2. The van der Waals surface area contributed by atoms with Crippen molar-refractivity contribution in [1.29, 1.82) is 0 Å². The van der Waals surface area contributed by atoms with Gasteiger partial charge in [0.05, 0.1) is 5.56 Å². The van der Waals surface area contributed by atoms with Gasteiger partial charge < -0.3 is 10.2 Å². The van der Waals surface area contributed by atoms with E-state index in [1.807, 2.05) is 0 Å². The minimum absolute atomic E-state index is 0. The summed E-state index contributed by atoms with van der Waals surface area (Å²) >= 11 is 0. The third-order valence-corrected chi connectivity index (χ3v) is 3.71. The van der Waals surface area contributed by atoms with Crippen molar-refractivity contribution in [2.45, 2.75) is 31.5 Å². The molecule has 132 valence electrons. The molecular formula is C14H20Cl2F3N3O. The second-order valence-corrected chi connectivity index (χ2v) is 5.18. The normalized spacial score (nSPS) is 18.2. The van der Waals surface area contributed by atoms with Crippen LogP contribution < -0.4 is 5.32 Å². The van der Waals surface area contributed by atoms with Gasteiger partial charge in [-0.3, -0.25) is 9.78 Å². The van der Waals surface area contributed by atoms with Gasteiger partial charge in [0.2, 0.25) is 0 Å². The fraction of sp³-hybridized carbons (Fsp3) is 0.571. The number of alkyl halides is 3. The van der Waals surface area contributed by atoms with Crippen molar-refractivity contribution in [3.05, 3.63) is 29.6 Å². The lowest BCUT2D eigenvalue weighted by molar-refractivity contribution is -0.141. The molecular weight excluding hydrogens is 354 g/mol. The first-order valence-electron chi connectivity index (χ1n) is 6.90. The number of aromatic nitrogens is 1. The second kappa shape index (κ2) is 9.30. The fourth-order valence-electron chi connectivity index (χ4n) is 2.45. The average Bonchev–Trinajstić information content (AvgIpc) is 2.74. The van der Waals surface area contributed by atoms with Crippen LogP contribution >= 0.6 is 24.8 Å². The van der Waals surface area contributed by atoms with Gasteiger partial charge in [0.1, 0.15) is 5.69 Å². The monoisotopic (exact) mass is 373 g/mol. The van der Waals surface area contributed by atoms with Gasteiger partial charge in [0.15, 0.2) is 0 Å². The Bertz CT molecular complexity index is 489. The van der Waals surface area contributed by atoms with Crippen LogP contribution in [0.2, 0.25) is 0 Å². The summed E-state index contributed by atoms with van der Waals surface area (Å²) in [6.07, 6.45) is -0.774. The SMILES string of the molecule is CN(C(=O)c1ccc(C(F)(F)F)nc1)C1CCCNCC1.Cl.Cl. The maximum atomic E-state index is 12.5. The van der Waals surface area contributed by atoms with E-state index in [1.165, 1.54) is 6.07 Å². The van der Waals surface area contributed by atoms with Gasteiger partial charge in [-0.1, -0.05) is 0 Å². The maximum absolute atomic E-state index is 12.5. The Morgan fingerprint density at radius 1 is 1.26 bits per heavy atom. The zero-order valence-electron chi connectivity index (χ0n) is 12.6. The molecule has 1 N–H and O–H groups in total. The Kier molecular flexibility index (Phi) is 8.87. The van der Waals surface area contributed by atoms with E-state index in [4.69, 9.17) is 0 Å². The van der Waals surface area contributed by atoms with Gasteiger partial charge in [-0.15, -0.1) is 24.8 Å². The van der Waals surface area contributed by atoms with E-state index in [2.05, 4.69) is 10.3 Å². The molecule has 2 rings (SSSR count). The van der Waals surface area contributed by atoms with Crippen LogP contribution in [0.15, 0.2) is 18.3 Å². The van der Waals surface area contributed by atoms with E-state index in [0.29, 0.717) is 0 Å². The number of hydrogen-bond acceptors (Lipinski definition) is 3. The molecule has 4 nitrogen and oxygen atoms in total. The summed E-state index contributed by atoms with van der Waals surface area (Å²) in [6.45, 7) is 1.77. The molecule has 1 unspecified atom stereocenters. The molecule has 1 aromatic heterocycles. The van der Waals surface area contributed by atoms with Gasteiger partial charge in [-0.2, -0.15) is 13.2 Å². The number of carbonyl (C=O) groups excluding carboxylic acids is 1. The van der Waals surface area contributed by atoms with E-state index < -0.39 is 11.9 Å². The first-order chi connectivity index (χ1) is 9.89. The van der Waals surface area contributed by atoms with Gasteiger partial charge in [-0.05, 0) is 44.5 Å². The predicted molar refractivity (Wildman–Crippen MR) is 86.3 cm³/mol. The first kappa shape index (κ1) is 21.9. The number of amides is 1. The quantitative estimate of drug-likeness (QED) is 0.865. The molecule has 23 heavy (non-hydrogen) atoms. The molecule has 0 aliphatic carbocycles.